The monoisotopic (exact) mass is 370 g/mol. The van der Waals surface area contributed by atoms with Crippen molar-refractivity contribution in [3.05, 3.63) is 52.3 Å². The summed E-state index contributed by atoms with van der Waals surface area (Å²) in [6.45, 7) is 11.6. The molecule has 1 aromatic heterocycles. The van der Waals surface area contributed by atoms with Crippen LogP contribution in [0.5, 0.6) is 0 Å². The smallest absolute Gasteiger partial charge is 0.220 e. The Morgan fingerprint density at radius 2 is 1.78 bits per heavy atom. The summed E-state index contributed by atoms with van der Waals surface area (Å²) in [5, 5.41) is 7.68. The largest absolute Gasteiger partial charge is 0.354 e. The minimum atomic E-state index is -0.305. The van der Waals surface area contributed by atoms with Crippen LogP contribution in [-0.2, 0) is 17.8 Å². The van der Waals surface area contributed by atoms with Gasteiger partial charge in [-0.25, -0.2) is 0 Å². The highest BCUT2D eigenvalue weighted by molar-refractivity contribution is 5.76. The molecule has 1 aromatic carbocycles. The van der Waals surface area contributed by atoms with E-state index in [1.54, 1.807) is 0 Å². The third kappa shape index (κ3) is 5.67. The summed E-state index contributed by atoms with van der Waals surface area (Å²) in [7, 11) is 0. The van der Waals surface area contributed by atoms with Crippen LogP contribution in [0, 0.1) is 20.8 Å². The summed E-state index contributed by atoms with van der Waals surface area (Å²) in [6.07, 6.45) is 2.87. The van der Waals surface area contributed by atoms with Crippen LogP contribution >= 0.6 is 0 Å². The Hall–Kier alpha value is -2.14. The Morgan fingerprint density at radius 1 is 1.15 bits per heavy atom. The van der Waals surface area contributed by atoms with Gasteiger partial charge in [-0.1, -0.05) is 43.7 Å². The molecule has 0 saturated carbocycles. The molecule has 2 rings (SSSR count). The lowest BCUT2D eigenvalue weighted by atomic mass is 9.94. The number of benzene rings is 1. The highest BCUT2D eigenvalue weighted by Crippen LogP contribution is 2.17. The second-order valence-electron chi connectivity index (χ2n) is 7.64. The van der Waals surface area contributed by atoms with Crippen LogP contribution in [-0.4, -0.2) is 27.8 Å². The van der Waals surface area contributed by atoms with E-state index in [0.29, 0.717) is 19.4 Å². The highest BCUT2D eigenvalue weighted by atomic mass is 16.1. The van der Waals surface area contributed by atoms with Crippen molar-refractivity contribution >= 4 is 5.91 Å². The van der Waals surface area contributed by atoms with Crippen LogP contribution in [0.4, 0.5) is 0 Å². The molecule has 5 nitrogen and oxygen atoms in total. The maximum absolute atomic E-state index is 12.3. The number of hydrogen-bond donors (Lipinski definition) is 2. The fraction of sp³-hybridized carbons (Fsp3) is 0.545. The van der Waals surface area contributed by atoms with Gasteiger partial charge in [0.05, 0.1) is 12.2 Å². The Bertz CT molecular complexity index is 757. The van der Waals surface area contributed by atoms with Crippen molar-refractivity contribution in [1.82, 2.24) is 15.1 Å². The lowest BCUT2D eigenvalue weighted by Crippen LogP contribution is -2.49. The van der Waals surface area contributed by atoms with E-state index >= 15 is 0 Å². The molecular formula is C22H34N4O. The van der Waals surface area contributed by atoms with Crippen molar-refractivity contribution in [2.75, 3.05) is 6.54 Å². The van der Waals surface area contributed by atoms with Crippen LogP contribution in [0.15, 0.2) is 24.3 Å². The second kappa shape index (κ2) is 9.18. The molecule has 3 N–H and O–H groups in total. The van der Waals surface area contributed by atoms with Gasteiger partial charge in [-0.3, -0.25) is 9.48 Å². The fourth-order valence-corrected chi connectivity index (χ4v) is 3.22. The third-order valence-electron chi connectivity index (χ3n) is 5.63. The van der Waals surface area contributed by atoms with Gasteiger partial charge in [0, 0.05) is 24.2 Å². The molecule has 0 radical (unpaired) electrons. The molecule has 0 atom stereocenters. The van der Waals surface area contributed by atoms with E-state index in [9.17, 15) is 4.79 Å². The standard InChI is InChI=1S/C22H34N4O/c1-6-22(23,7-2)15-24-21(27)13-12-20-17(4)25-26(18(20)5)14-19-10-8-16(3)9-11-19/h8-11H,6-7,12-15,23H2,1-5H3,(H,24,27). The molecule has 5 heteroatoms. The van der Waals surface area contributed by atoms with E-state index in [1.807, 2.05) is 11.6 Å². The van der Waals surface area contributed by atoms with Gasteiger partial charge < -0.3 is 11.1 Å². The quantitative estimate of drug-likeness (QED) is 0.710. The number of nitrogens with two attached hydrogens (primary N) is 1. The van der Waals surface area contributed by atoms with Crippen molar-refractivity contribution < 1.29 is 4.79 Å². The predicted octanol–water partition coefficient (Wildman–Crippen LogP) is 3.42. The van der Waals surface area contributed by atoms with Crippen LogP contribution in [0.3, 0.4) is 0 Å². The fourth-order valence-electron chi connectivity index (χ4n) is 3.22. The maximum Gasteiger partial charge on any atom is 0.220 e. The number of carbonyl (C=O) groups excluding carboxylic acids is 1. The molecule has 0 aliphatic carbocycles. The normalized spacial score (nSPS) is 11.6. The van der Waals surface area contributed by atoms with Crippen molar-refractivity contribution in [2.24, 2.45) is 5.73 Å². The van der Waals surface area contributed by atoms with Gasteiger partial charge in [0.25, 0.3) is 0 Å². The third-order valence-corrected chi connectivity index (χ3v) is 5.63. The van der Waals surface area contributed by atoms with Gasteiger partial charge in [-0.15, -0.1) is 0 Å². The molecule has 1 amide bonds. The Labute approximate surface area is 163 Å². The maximum atomic E-state index is 12.3. The summed E-state index contributed by atoms with van der Waals surface area (Å²) in [4.78, 5) is 12.3. The van der Waals surface area contributed by atoms with Crippen LogP contribution in [0.1, 0.15) is 61.2 Å². The van der Waals surface area contributed by atoms with Gasteiger partial charge in [0.15, 0.2) is 0 Å². The summed E-state index contributed by atoms with van der Waals surface area (Å²) in [5.74, 6) is 0.0526. The molecule has 1 heterocycles. The molecule has 0 aliphatic rings. The van der Waals surface area contributed by atoms with E-state index in [1.165, 1.54) is 16.7 Å². The zero-order valence-corrected chi connectivity index (χ0v) is 17.4. The van der Waals surface area contributed by atoms with Crippen LogP contribution < -0.4 is 11.1 Å². The summed E-state index contributed by atoms with van der Waals surface area (Å²) in [6, 6.07) is 8.52. The molecule has 27 heavy (non-hydrogen) atoms. The average molecular weight is 371 g/mol. The van der Waals surface area contributed by atoms with Gasteiger partial charge in [0.1, 0.15) is 0 Å². The number of aryl methyl sites for hydroxylation is 2. The summed E-state index contributed by atoms with van der Waals surface area (Å²) < 4.78 is 2.03. The molecule has 0 aliphatic heterocycles. The number of rotatable bonds is 9. The van der Waals surface area contributed by atoms with Crippen molar-refractivity contribution in [1.29, 1.82) is 0 Å². The molecule has 0 spiro atoms. The lowest BCUT2D eigenvalue weighted by Gasteiger charge is -2.26. The van der Waals surface area contributed by atoms with Crippen LogP contribution in [0.25, 0.3) is 0 Å². The lowest BCUT2D eigenvalue weighted by molar-refractivity contribution is -0.121. The second-order valence-corrected chi connectivity index (χ2v) is 7.64. The Balaban J connectivity index is 1.96. The SMILES string of the molecule is CCC(N)(CC)CNC(=O)CCc1c(C)nn(Cc2ccc(C)cc2)c1C. The number of hydrogen-bond acceptors (Lipinski definition) is 3. The van der Waals surface area contributed by atoms with E-state index in [-0.39, 0.29) is 11.4 Å². The minimum absolute atomic E-state index is 0.0526. The molecular weight excluding hydrogens is 336 g/mol. The zero-order valence-electron chi connectivity index (χ0n) is 17.4. The zero-order chi connectivity index (χ0) is 20.0. The molecule has 2 aromatic rings. The van der Waals surface area contributed by atoms with Gasteiger partial charge in [-0.05, 0) is 51.2 Å². The molecule has 148 valence electrons. The summed E-state index contributed by atoms with van der Waals surface area (Å²) in [5.41, 5.74) is 11.7. The molecule has 0 bridgehead atoms. The Kier molecular flexibility index (Phi) is 7.19. The molecule has 0 fully saturated rings. The van der Waals surface area contributed by atoms with Crippen molar-refractivity contribution in [3.8, 4) is 0 Å². The van der Waals surface area contributed by atoms with E-state index in [4.69, 9.17) is 5.73 Å². The number of nitrogens with one attached hydrogen (secondary N) is 1. The van der Waals surface area contributed by atoms with E-state index in [2.05, 4.69) is 62.4 Å². The highest BCUT2D eigenvalue weighted by Gasteiger charge is 2.21. The first-order chi connectivity index (χ1) is 12.8. The van der Waals surface area contributed by atoms with Gasteiger partial charge in [0.2, 0.25) is 5.91 Å². The Morgan fingerprint density at radius 3 is 2.37 bits per heavy atom. The van der Waals surface area contributed by atoms with Crippen LogP contribution in [0.2, 0.25) is 0 Å². The number of nitrogens with zero attached hydrogens (tertiary/aromatic N) is 2. The first kappa shape index (κ1) is 21.2. The molecule has 0 saturated heterocycles. The van der Waals surface area contributed by atoms with Crippen molar-refractivity contribution in [2.45, 2.75) is 72.4 Å². The van der Waals surface area contributed by atoms with E-state index < -0.39 is 0 Å². The topological polar surface area (TPSA) is 72.9 Å². The number of aromatic nitrogens is 2. The average Bonchev–Trinajstić information content (AvgIpc) is 2.93. The number of amides is 1. The minimum Gasteiger partial charge on any atom is -0.354 e. The van der Waals surface area contributed by atoms with Gasteiger partial charge >= 0.3 is 0 Å². The predicted molar refractivity (Wildman–Crippen MR) is 111 cm³/mol. The first-order valence-electron chi connectivity index (χ1n) is 9.92. The van der Waals surface area contributed by atoms with E-state index in [0.717, 1.165) is 30.8 Å². The number of carbonyl (C=O) groups is 1. The summed E-state index contributed by atoms with van der Waals surface area (Å²) >= 11 is 0. The molecule has 0 unspecified atom stereocenters. The first-order valence-corrected chi connectivity index (χ1v) is 9.92. The van der Waals surface area contributed by atoms with Crippen molar-refractivity contribution in [3.63, 3.8) is 0 Å². The van der Waals surface area contributed by atoms with Gasteiger partial charge in [-0.2, -0.15) is 5.10 Å².